The van der Waals surface area contributed by atoms with E-state index in [9.17, 15) is 0 Å². The lowest BCUT2D eigenvalue weighted by Gasteiger charge is -2.32. The van der Waals surface area contributed by atoms with E-state index in [1.165, 1.54) is 12.0 Å². The van der Waals surface area contributed by atoms with Crippen LogP contribution in [0.4, 0.5) is 11.6 Å². The number of ether oxygens (including phenoxy) is 1. The molecule has 3 rings (SSSR count). The lowest BCUT2D eigenvalue weighted by molar-refractivity contribution is 0.414. The zero-order valence-electron chi connectivity index (χ0n) is 11.7. The molecule has 1 aliphatic heterocycles. The first-order valence-electron chi connectivity index (χ1n) is 6.94. The highest BCUT2D eigenvalue weighted by Crippen LogP contribution is 2.20. The van der Waals surface area contributed by atoms with Gasteiger partial charge in [0.15, 0.2) is 0 Å². The monoisotopic (exact) mass is 269 g/mol. The normalized spacial score (nSPS) is 13.8. The Bertz CT molecular complexity index is 564. The zero-order valence-corrected chi connectivity index (χ0v) is 11.7. The van der Waals surface area contributed by atoms with Gasteiger partial charge in [-0.05, 0) is 36.2 Å². The molecule has 4 nitrogen and oxygen atoms in total. The highest BCUT2D eigenvalue weighted by molar-refractivity contribution is 5.48. The van der Waals surface area contributed by atoms with Crippen LogP contribution in [0.2, 0.25) is 0 Å². The second-order valence-corrected chi connectivity index (χ2v) is 4.92. The summed E-state index contributed by atoms with van der Waals surface area (Å²) in [6.45, 7) is 3.00. The van der Waals surface area contributed by atoms with Gasteiger partial charge in [-0.1, -0.05) is 18.2 Å². The number of rotatable bonds is 5. The minimum absolute atomic E-state index is 0.764. The third-order valence-electron chi connectivity index (χ3n) is 3.55. The molecule has 0 amide bonds. The summed E-state index contributed by atoms with van der Waals surface area (Å²) in [6.07, 6.45) is 1.27. The van der Waals surface area contributed by atoms with E-state index in [1.807, 2.05) is 18.2 Å². The summed E-state index contributed by atoms with van der Waals surface area (Å²) >= 11 is 0. The van der Waals surface area contributed by atoms with Crippen LogP contribution in [0.1, 0.15) is 12.0 Å². The Balaban J connectivity index is 1.62. The first kappa shape index (κ1) is 12.8. The summed E-state index contributed by atoms with van der Waals surface area (Å²) in [5.74, 6) is 2.87. The van der Waals surface area contributed by atoms with Crippen molar-refractivity contribution >= 4 is 11.6 Å². The Morgan fingerprint density at radius 1 is 1.15 bits per heavy atom. The average Bonchev–Trinajstić information content (AvgIpc) is 2.44. The number of hydrogen-bond acceptors (Lipinski definition) is 4. The van der Waals surface area contributed by atoms with Crippen molar-refractivity contribution in [1.29, 1.82) is 0 Å². The molecule has 0 saturated carbocycles. The molecular weight excluding hydrogens is 250 g/mol. The van der Waals surface area contributed by atoms with Crippen molar-refractivity contribution in [2.75, 3.05) is 30.4 Å². The maximum absolute atomic E-state index is 5.15. The molecule has 1 aliphatic rings. The van der Waals surface area contributed by atoms with Crippen molar-refractivity contribution < 1.29 is 4.74 Å². The smallest absolute Gasteiger partial charge is 0.130 e. The summed E-state index contributed by atoms with van der Waals surface area (Å²) < 4.78 is 5.15. The van der Waals surface area contributed by atoms with Crippen molar-refractivity contribution in [1.82, 2.24) is 4.98 Å². The first-order chi connectivity index (χ1) is 9.85. The predicted octanol–water partition coefficient (Wildman–Crippen LogP) is 2.91. The van der Waals surface area contributed by atoms with Gasteiger partial charge in [0.25, 0.3) is 0 Å². The summed E-state index contributed by atoms with van der Waals surface area (Å²) in [4.78, 5) is 6.92. The van der Waals surface area contributed by atoms with Gasteiger partial charge in [0.1, 0.15) is 17.4 Å². The van der Waals surface area contributed by atoms with Crippen molar-refractivity contribution in [3.8, 4) is 5.75 Å². The summed E-state index contributed by atoms with van der Waals surface area (Å²) in [5.41, 5.74) is 1.21. The first-order valence-corrected chi connectivity index (χ1v) is 6.94. The van der Waals surface area contributed by atoms with E-state index < -0.39 is 0 Å². The molecule has 104 valence electrons. The largest absolute Gasteiger partial charge is 0.497 e. The molecule has 1 N–H and O–H groups in total. The number of nitrogens with zero attached hydrogens (tertiary/aromatic N) is 2. The highest BCUT2D eigenvalue weighted by atomic mass is 16.5. The zero-order chi connectivity index (χ0) is 13.8. The van der Waals surface area contributed by atoms with Gasteiger partial charge in [-0.25, -0.2) is 4.98 Å². The highest BCUT2D eigenvalue weighted by Gasteiger charge is 2.15. The molecule has 1 saturated heterocycles. The maximum atomic E-state index is 5.15. The number of nitrogens with one attached hydrogen (secondary N) is 1. The molecule has 1 aromatic heterocycles. The van der Waals surface area contributed by atoms with E-state index in [4.69, 9.17) is 4.74 Å². The van der Waals surface area contributed by atoms with Crippen LogP contribution in [0.25, 0.3) is 0 Å². The summed E-state index contributed by atoms with van der Waals surface area (Å²) in [5, 5.41) is 3.36. The average molecular weight is 269 g/mol. The molecular formula is C16H19N3O. The quantitative estimate of drug-likeness (QED) is 0.905. The number of methoxy groups -OCH3 is 1. The molecule has 1 fully saturated rings. The molecule has 20 heavy (non-hydrogen) atoms. The van der Waals surface area contributed by atoms with E-state index in [2.05, 4.69) is 39.5 Å². The molecule has 0 spiro atoms. The Labute approximate surface area is 119 Å². The number of aromatic nitrogens is 1. The number of anilines is 2. The minimum Gasteiger partial charge on any atom is -0.497 e. The predicted molar refractivity (Wildman–Crippen MR) is 81.4 cm³/mol. The van der Waals surface area contributed by atoms with Crippen LogP contribution in [-0.2, 0) is 6.54 Å². The van der Waals surface area contributed by atoms with Crippen molar-refractivity contribution in [3.05, 3.63) is 48.0 Å². The molecule has 2 heterocycles. The van der Waals surface area contributed by atoms with E-state index in [1.54, 1.807) is 7.11 Å². The Morgan fingerprint density at radius 2 is 1.95 bits per heavy atom. The topological polar surface area (TPSA) is 37.4 Å². The van der Waals surface area contributed by atoms with Gasteiger partial charge in [0.2, 0.25) is 0 Å². The number of hydrogen-bond donors (Lipinski definition) is 1. The third-order valence-corrected chi connectivity index (χ3v) is 3.55. The Hall–Kier alpha value is -2.23. The second kappa shape index (κ2) is 5.82. The van der Waals surface area contributed by atoms with Crippen LogP contribution in [0.5, 0.6) is 5.75 Å². The van der Waals surface area contributed by atoms with E-state index >= 15 is 0 Å². The van der Waals surface area contributed by atoms with Gasteiger partial charge < -0.3 is 15.0 Å². The Morgan fingerprint density at radius 3 is 2.60 bits per heavy atom. The van der Waals surface area contributed by atoms with E-state index in [-0.39, 0.29) is 0 Å². The van der Waals surface area contributed by atoms with Crippen molar-refractivity contribution in [2.24, 2.45) is 0 Å². The van der Waals surface area contributed by atoms with Crippen LogP contribution < -0.4 is 15.0 Å². The molecule has 0 unspecified atom stereocenters. The molecule has 4 heteroatoms. The standard InChI is InChI=1S/C16H19N3O/c1-20-14-8-6-13(7-9-14)12-17-15-4-2-5-16(18-15)19-10-3-11-19/h2,4-9H,3,10-12H2,1H3,(H,17,18). The second-order valence-electron chi connectivity index (χ2n) is 4.92. The number of pyridine rings is 1. The SMILES string of the molecule is COc1ccc(CNc2cccc(N3CCC3)n2)cc1. The number of benzene rings is 1. The summed E-state index contributed by atoms with van der Waals surface area (Å²) in [7, 11) is 1.68. The minimum atomic E-state index is 0.764. The molecule has 2 aromatic rings. The van der Waals surface area contributed by atoms with Crippen molar-refractivity contribution in [2.45, 2.75) is 13.0 Å². The lowest BCUT2D eigenvalue weighted by atomic mass is 10.2. The van der Waals surface area contributed by atoms with Gasteiger partial charge in [0.05, 0.1) is 7.11 Å². The van der Waals surface area contributed by atoms with Gasteiger partial charge in [-0.15, -0.1) is 0 Å². The fraction of sp³-hybridized carbons (Fsp3) is 0.312. The van der Waals surface area contributed by atoms with E-state index in [0.29, 0.717) is 0 Å². The van der Waals surface area contributed by atoms with Gasteiger partial charge in [-0.2, -0.15) is 0 Å². The fourth-order valence-corrected chi connectivity index (χ4v) is 2.18. The summed E-state index contributed by atoms with van der Waals surface area (Å²) in [6, 6.07) is 14.2. The Kier molecular flexibility index (Phi) is 3.72. The molecule has 0 bridgehead atoms. The third kappa shape index (κ3) is 2.85. The molecule has 0 atom stereocenters. The van der Waals surface area contributed by atoms with Crippen LogP contribution in [0.3, 0.4) is 0 Å². The van der Waals surface area contributed by atoms with Gasteiger partial charge in [-0.3, -0.25) is 0 Å². The van der Waals surface area contributed by atoms with Gasteiger partial charge in [0, 0.05) is 19.6 Å². The molecule has 0 aliphatic carbocycles. The lowest BCUT2D eigenvalue weighted by Crippen LogP contribution is -2.37. The van der Waals surface area contributed by atoms with Gasteiger partial charge >= 0.3 is 0 Å². The van der Waals surface area contributed by atoms with Crippen LogP contribution >= 0.6 is 0 Å². The van der Waals surface area contributed by atoms with Crippen molar-refractivity contribution in [3.63, 3.8) is 0 Å². The van der Waals surface area contributed by atoms with E-state index in [0.717, 1.165) is 37.0 Å². The molecule has 0 radical (unpaired) electrons. The van der Waals surface area contributed by atoms with Crippen LogP contribution in [0.15, 0.2) is 42.5 Å². The van der Waals surface area contributed by atoms with Crippen LogP contribution in [-0.4, -0.2) is 25.2 Å². The maximum Gasteiger partial charge on any atom is 0.130 e. The molecule has 1 aromatic carbocycles. The fourth-order valence-electron chi connectivity index (χ4n) is 2.18. The van der Waals surface area contributed by atoms with Crippen LogP contribution in [0, 0.1) is 0 Å².